The lowest BCUT2D eigenvalue weighted by molar-refractivity contribution is 0.261. The van der Waals surface area contributed by atoms with Crippen LogP contribution < -0.4 is 27.5 Å². The van der Waals surface area contributed by atoms with Crippen molar-refractivity contribution in [1.82, 2.24) is 13.7 Å². The zero-order valence-corrected chi connectivity index (χ0v) is 17.7. The van der Waals surface area contributed by atoms with Gasteiger partial charge in [-0.2, -0.15) is 0 Å². The SMILES string of the molecule is COc1cccc(-n2c(=O)n(CC3CCC3)c(=O)n(CC(N)c3ccccc3)c2=O)c1F. The fraction of sp³-hybridized carbons (Fsp3) is 0.348. The molecule has 2 aromatic carbocycles. The van der Waals surface area contributed by atoms with Crippen molar-refractivity contribution < 1.29 is 9.13 Å². The third-order valence-electron chi connectivity index (χ3n) is 5.98. The van der Waals surface area contributed by atoms with Gasteiger partial charge in [0.05, 0.1) is 19.3 Å². The van der Waals surface area contributed by atoms with Gasteiger partial charge in [0.15, 0.2) is 11.6 Å². The smallest absolute Gasteiger partial charge is 0.341 e. The number of nitrogens with zero attached hydrogens (tertiary/aromatic N) is 3. The fourth-order valence-electron chi connectivity index (χ4n) is 3.92. The van der Waals surface area contributed by atoms with Crippen LogP contribution in [0.1, 0.15) is 30.9 Å². The van der Waals surface area contributed by atoms with E-state index in [0.29, 0.717) is 4.57 Å². The second kappa shape index (κ2) is 8.96. The number of hydrogen-bond donors (Lipinski definition) is 1. The van der Waals surface area contributed by atoms with E-state index in [4.69, 9.17) is 10.5 Å². The highest BCUT2D eigenvalue weighted by atomic mass is 19.1. The van der Waals surface area contributed by atoms with Crippen LogP contribution in [0.3, 0.4) is 0 Å². The Hall–Kier alpha value is -3.46. The fourth-order valence-corrected chi connectivity index (χ4v) is 3.92. The second-order valence-corrected chi connectivity index (χ2v) is 8.01. The Morgan fingerprint density at radius 2 is 1.69 bits per heavy atom. The van der Waals surface area contributed by atoms with Crippen LogP contribution in [0.25, 0.3) is 5.69 Å². The summed E-state index contributed by atoms with van der Waals surface area (Å²) in [6.07, 6.45) is 2.81. The molecule has 1 aliphatic carbocycles. The molecule has 1 saturated carbocycles. The Morgan fingerprint density at radius 1 is 1.00 bits per heavy atom. The molecule has 1 heterocycles. The summed E-state index contributed by atoms with van der Waals surface area (Å²) in [7, 11) is 1.29. The number of ether oxygens (including phenoxy) is 1. The van der Waals surface area contributed by atoms with Crippen molar-refractivity contribution >= 4 is 0 Å². The van der Waals surface area contributed by atoms with Crippen molar-refractivity contribution in [1.29, 1.82) is 0 Å². The molecular formula is C23H25FN4O4. The van der Waals surface area contributed by atoms with Gasteiger partial charge in [0.2, 0.25) is 0 Å². The van der Waals surface area contributed by atoms with E-state index in [9.17, 15) is 14.4 Å². The Balaban J connectivity index is 1.91. The van der Waals surface area contributed by atoms with E-state index < -0.39 is 28.9 Å². The van der Waals surface area contributed by atoms with E-state index in [-0.39, 0.29) is 30.4 Å². The van der Waals surface area contributed by atoms with Gasteiger partial charge in [-0.25, -0.2) is 32.5 Å². The lowest BCUT2D eigenvalue weighted by atomic mass is 9.85. The first-order valence-electron chi connectivity index (χ1n) is 10.5. The molecule has 32 heavy (non-hydrogen) atoms. The van der Waals surface area contributed by atoms with Crippen molar-refractivity contribution in [3.8, 4) is 11.4 Å². The topological polar surface area (TPSA) is 101 Å². The number of aromatic nitrogens is 3. The molecule has 0 spiro atoms. The van der Waals surface area contributed by atoms with Gasteiger partial charge in [0, 0.05) is 12.6 Å². The van der Waals surface area contributed by atoms with Crippen LogP contribution in [0, 0.1) is 11.7 Å². The summed E-state index contributed by atoms with van der Waals surface area (Å²) in [5.74, 6) is -0.808. The summed E-state index contributed by atoms with van der Waals surface area (Å²) < 4.78 is 22.6. The second-order valence-electron chi connectivity index (χ2n) is 8.01. The molecule has 2 N–H and O–H groups in total. The van der Waals surface area contributed by atoms with Gasteiger partial charge in [-0.1, -0.05) is 42.8 Å². The minimum Gasteiger partial charge on any atom is -0.494 e. The monoisotopic (exact) mass is 440 g/mol. The third-order valence-corrected chi connectivity index (χ3v) is 5.98. The molecule has 3 aromatic rings. The van der Waals surface area contributed by atoms with Gasteiger partial charge in [-0.05, 0) is 36.5 Å². The summed E-state index contributed by atoms with van der Waals surface area (Å²) in [4.78, 5) is 39.7. The molecule has 1 atom stereocenters. The summed E-state index contributed by atoms with van der Waals surface area (Å²) in [5, 5.41) is 0. The average molecular weight is 440 g/mol. The molecule has 0 aliphatic heterocycles. The molecule has 168 valence electrons. The first kappa shape index (κ1) is 21.8. The molecular weight excluding hydrogens is 415 g/mol. The van der Waals surface area contributed by atoms with Crippen LogP contribution in [0.5, 0.6) is 5.75 Å². The van der Waals surface area contributed by atoms with Gasteiger partial charge in [0.25, 0.3) is 0 Å². The maximum absolute atomic E-state index is 15.0. The van der Waals surface area contributed by atoms with E-state index in [1.54, 1.807) is 24.3 Å². The third kappa shape index (κ3) is 3.91. The lowest BCUT2D eigenvalue weighted by Gasteiger charge is -2.26. The van der Waals surface area contributed by atoms with Crippen molar-refractivity contribution in [2.75, 3.05) is 7.11 Å². The summed E-state index contributed by atoms with van der Waals surface area (Å²) in [6, 6.07) is 12.5. The van der Waals surface area contributed by atoms with E-state index in [0.717, 1.165) is 34.0 Å². The predicted molar refractivity (Wildman–Crippen MR) is 118 cm³/mol. The Kier molecular flexibility index (Phi) is 6.09. The number of nitrogens with two attached hydrogens (primary N) is 1. The largest absolute Gasteiger partial charge is 0.494 e. The van der Waals surface area contributed by atoms with Gasteiger partial charge in [-0.15, -0.1) is 0 Å². The maximum Gasteiger partial charge on any atom is 0.341 e. The molecule has 0 bridgehead atoms. The number of hydrogen-bond acceptors (Lipinski definition) is 5. The molecule has 4 rings (SSSR count). The highest BCUT2D eigenvalue weighted by Gasteiger charge is 2.25. The molecule has 8 nitrogen and oxygen atoms in total. The molecule has 0 radical (unpaired) electrons. The summed E-state index contributed by atoms with van der Waals surface area (Å²) >= 11 is 0. The van der Waals surface area contributed by atoms with E-state index in [1.807, 2.05) is 6.07 Å². The van der Waals surface area contributed by atoms with Crippen LogP contribution in [0.2, 0.25) is 0 Å². The highest BCUT2D eigenvalue weighted by molar-refractivity contribution is 5.41. The molecule has 9 heteroatoms. The van der Waals surface area contributed by atoms with E-state index >= 15 is 4.39 Å². The zero-order chi connectivity index (χ0) is 22.8. The number of rotatable bonds is 7. The predicted octanol–water partition coefficient (Wildman–Crippen LogP) is 1.81. The average Bonchev–Trinajstić information content (AvgIpc) is 2.77. The molecule has 0 saturated heterocycles. The van der Waals surface area contributed by atoms with Gasteiger partial charge in [-0.3, -0.25) is 0 Å². The minimum atomic E-state index is -0.941. The van der Waals surface area contributed by atoms with Gasteiger partial charge >= 0.3 is 17.1 Å². The van der Waals surface area contributed by atoms with E-state index in [1.165, 1.54) is 25.3 Å². The van der Waals surface area contributed by atoms with Crippen molar-refractivity contribution in [2.24, 2.45) is 11.7 Å². The Bertz CT molecular complexity index is 1290. The summed E-state index contributed by atoms with van der Waals surface area (Å²) in [6.45, 7) is 0.0162. The minimum absolute atomic E-state index is 0.113. The van der Waals surface area contributed by atoms with Crippen LogP contribution in [-0.4, -0.2) is 20.8 Å². The molecule has 1 aliphatic rings. The van der Waals surface area contributed by atoms with E-state index in [2.05, 4.69) is 0 Å². The highest BCUT2D eigenvalue weighted by Crippen LogP contribution is 2.27. The van der Waals surface area contributed by atoms with Crippen molar-refractivity contribution in [3.05, 3.63) is 91.4 Å². The zero-order valence-electron chi connectivity index (χ0n) is 17.7. The molecule has 1 unspecified atom stereocenters. The van der Waals surface area contributed by atoms with Gasteiger partial charge in [0.1, 0.15) is 0 Å². The number of benzene rings is 2. The van der Waals surface area contributed by atoms with Crippen molar-refractivity contribution in [2.45, 2.75) is 38.4 Å². The van der Waals surface area contributed by atoms with Crippen molar-refractivity contribution in [3.63, 3.8) is 0 Å². The molecule has 1 aromatic heterocycles. The number of methoxy groups -OCH3 is 1. The van der Waals surface area contributed by atoms with Crippen LogP contribution >= 0.6 is 0 Å². The van der Waals surface area contributed by atoms with Gasteiger partial charge < -0.3 is 10.5 Å². The Morgan fingerprint density at radius 3 is 2.31 bits per heavy atom. The standard InChI is InChI=1S/C23H25FN4O4/c1-32-19-12-6-11-18(20(19)24)28-22(30)26(13-15-7-5-8-15)21(29)27(23(28)31)14-17(25)16-9-3-2-4-10-16/h2-4,6,9-12,15,17H,5,7-8,13-14,25H2,1H3. The van der Waals surface area contributed by atoms with Crippen LogP contribution in [0.15, 0.2) is 62.9 Å². The normalized spacial score (nSPS) is 14.7. The quantitative estimate of drug-likeness (QED) is 0.604. The lowest BCUT2D eigenvalue weighted by Crippen LogP contribution is -2.55. The Labute approximate surface area is 183 Å². The summed E-state index contributed by atoms with van der Waals surface area (Å²) in [5.41, 5.74) is 4.17. The van der Waals surface area contributed by atoms with Crippen LogP contribution in [0.4, 0.5) is 4.39 Å². The first-order valence-corrected chi connectivity index (χ1v) is 10.5. The molecule has 0 amide bonds. The maximum atomic E-state index is 15.0. The van der Waals surface area contributed by atoms with Crippen LogP contribution in [-0.2, 0) is 13.1 Å². The number of halogens is 1. The molecule has 1 fully saturated rings. The first-order chi connectivity index (χ1) is 15.4.